The molecule has 0 atom stereocenters. The fourth-order valence-corrected chi connectivity index (χ4v) is 10.9. The molecule has 166 valence electrons. The first-order chi connectivity index (χ1) is 14.1. The molecular formula is C26H40O2P2. The topological polar surface area (TPSA) is 40.5 Å². The van der Waals surface area contributed by atoms with Gasteiger partial charge in [-0.05, 0) is 55.5 Å². The Bertz CT molecular complexity index is 742. The third-order valence-corrected chi connectivity index (χ3v) is 11.9. The first kappa shape index (κ1) is 25.5. The highest BCUT2D eigenvalue weighted by Gasteiger charge is 2.29. The summed E-state index contributed by atoms with van der Waals surface area (Å²) < 4.78 is 0. The summed E-state index contributed by atoms with van der Waals surface area (Å²) in [6.45, 7) is 18.6. The molecule has 2 rings (SSSR count). The maximum absolute atomic E-state index is 10.3. The standard InChI is InChI=1S/C26H40O2P2/c1-17(2)29(18(3)4)23-13-9-11-21(15-27)25(23)26-22(16-28)12-10-14-24(26)30(19(5)6)20(7)8/h9-14,17-20,27-28H,15-16H2,1-8H3. The molecule has 0 spiro atoms. The predicted molar refractivity (Wildman–Crippen MR) is 137 cm³/mol. The molecule has 2 aromatic rings. The summed E-state index contributed by atoms with van der Waals surface area (Å²) >= 11 is 0. The fraction of sp³-hybridized carbons (Fsp3) is 0.538. The van der Waals surface area contributed by atoms with Gasteiger partial charge >= 0.3 is 0 Å². The lowest BCUT2D eigenvalue weighted by Gasteiger charge is -2.33. The van der Waals surface area contributed by atoms with Gasteiger partial charge in [-0.1, -0.05) is 108 Å². The lowest BCUT2D eigenvalue weighted by molar-refractivity contribution is 0.280. The zero-order chi connectivity index (χ0) is 22.6. The summed E-state index contributed by atoms with van der Waals surface area (Å²) in [6, 6.07) is 12.8. The fourth-order valence-electron chi connectivity index (χ4n) is 4.75. The highest BCUT2D eigenvalue weighted by atomic mass is 31.1. The smallest absolute Gasteiger partial charge is 0.0688 e. The van der Waals surface area contributed by atoms with Gasteiger partial charge in [-0.3, -0.25) is 0 Å². The minimum atomic E-state index is -0.405. The van der Waals surface area contributed by atoms with Crippen LogP contribution in [0.3, 0.4) is 0 Å². The van der Waals surface area contributed by atoms with E-state index in [0.717, 1.165) is 11.1 Å². The molecule has 0 aliphatic rings. The van der Waals surface area contributed by atoms with Gasteiger partial charge in [0.2, 0.25) is 0 Å². The van der Waals surface area contributed by atoms with E-state index in [1.54, 1.807) is 0 Å². The van der Waals surface area contributed by atoms with E-state index in [1.807, 2.05) is 0 Å². The lowest BCUT2D eigenvalue weighted by Crippen LogP contribution is -2.24. The number of aliphatic hydroxyl groups excluding tert-OH is 2. The minimum Gasteiger partial charge on any atom is -0.392 e. The Balaban J connectivity index is 2.97. The number of benzene rings is 2. The molecule has 0 unspecified atom stereocenters. The van der Waals surface area contributed by atoms with Crippen molar-refractivity contribution in [1.82, 2.24) is 0 Å². The van der Waals surface area contributed by atoms with Gasteiger partial charge in [0.05, 0.1) is 13.2 Å². The third kappa shape index (κ3) is 5.34. The van der Waals surface area contributed by atoms with E-state index in [-0.39, 0.29) is 13.2 Å². The Kier molecular flexibility index (Phi) is 9.51. The Labute approximate surface area is 186 Å². The van der Waals surface area contributed by atoms with Crippen LogP contribution < -0.4 is 10.6 Å². The normalized spacial score (nSPS) is 12.4. The summed E-state index contributed by atoms with van der Waals surface area (Å²) in [6.07, 6.45) is 0. The van der Waals surface area contributed by atoms with E-state index < -0.39 is 15.8 Å². The van der Waals surface area contributed by atoms with Crippen LogP contribution in [0.5, 0.6) is 0 Å². The van der Waals surface area contributed by atoms with Crippen LogP contribution in [0.15, 0.2) is 36.4 Å². The van der Waals surface area contributed by atoms with E-state index in [1.165, 1.54) is 21.7 Å². The number of rotatable bonds is 9. The molecule has 0 saturated carbocycles. The molecule has 0 radical (unpaired) electrons. The van der Waals surface area contributed by atoms with Gasteiger partial charge in [-0.25, -0.2) is 0 Å². The Morgan fingerprint density at radius 2 is 0.867 bits per heavy atom. The molecule has 0 saturated heterocycles. The number of aliphatic hydroxyl groups is 2. The zero-order valence-corrected chi connectivity index (χ0v) is 21.8. The first-order valence-electron chi connectivity index (χ1n) is 11.2. The van der Waals surface area contributed by atoms with Crippen molar-refractivity contribution in [3.05, 3.63) is 47.5 Å². The van der Waals surface area contributed by atoms with E-state index in [9.17, 15) is 10.2 Å². The average Bonchev–Trinajstić information content (AvgIpc) is 2.66. The van der Waals surface area contributed by atoms with Gasteiger partial charge < -0.3 is 10.2 Å². The molecule has 0 amide bonds. The van der Waals surface area contributed by atoms with E-state index in [4.69, 9.17) is 0 Å². The Hall–Kier alpha value is -0.780. The van der Waals surface area contributed by atoms with Crippen molar-refractivity contribution in [3.8, 4) is 11.1 Å². The van der Waals surface area contributed by atoms with Gasteiger partial charge in [0.25, 0.3) is 0 Å². The van der Waals surface area contributed by atoms with E-state index in [0.29, 0.717) is 22.6 Å². The van der Waals surface area contributed by atoms with Crippen LogP contribution in [0.4, 0.5) is 0 Å². The molecule has 0 fully saturated rings. The summed E-state index contributed by atoms with van der Waals surface area (Å²) in [5.41, 5.74) is 6.52. The van der Waals surface area contributed by atoms with Crippen LogP contribution >= 0.6 is 15.8 Å². The van der Waals surface area contributed by atoms with Gasteiger partial charge in [-0.15, -0.1) is 0 Å². The maximum Gasteiger partial charge on any atom is 0.0688 e. The molecule has 0 aliphatic carbocycles. The Morgan fingerprint density at radius 3 is 1.10 bits per heavy atom. The predicted octanol–water partition coefficient (Wildman–Crippen LogP) is 6.19. The molecule has 2 nitrogen and oxygen atoms in total. The van der Waals surface area contributed by atoms with Crippen molar-refractivity contribution in [2.45, 2.75) is 91.2 Å². The second-order valence-electron chi connectivity index (χ2n) is 9.13. The Morgan fingerprint density at radius 1 is 0.567 bits per heavy atom. The van der Waals surface area contributed by atoms with Gasteiger partial charge in [0.1, 0.15) is 0 Å². The molecule has 30 heavy (non-hydrogen) atoms. The van der Waals surface area contributed by atoms with Crippen molar-refractivity contribution in [2.75, 3.05) is 0 Å². The highest BCUT2D eigenvalue weighted by Crippen LogP contribution is 2.51. The van der Waals surface area contributed by atoms with Crippen molar-refractivity contribution >= 4 is 26.5 Å². The molecule has 0 bridgehead atoms. The van der Waals surface area contributed by atoms with Gasteiger partial charge in [-0.2, -0.15) is 0 Å². The van der Waals surface area contributed by atoms with Crippen LogP contribution in [0.1, 0.15) is 66.5 Å². The van der Waals surface area contributed by atoms with Crippen LogP contribution in [-0.2, 0) is 13.2 Å². The lowest BCUT2D eigenvalue weighted by atomic mass is 9.95. The number of hydrogen-bond acceptors (Lipinski definition) is 2. The molecule has 0 aliphatic heterocycles. The van der Waals surface area contributed by atoms with Crippen molar-refractivity contribution in [3.63, 3.8) is 0 Å². The summed E-state index contributed by atoms with van der Waals surface area (Å²) in [4.78, 5) is 0. The second-order valence-corrected chi connectivity index (χ2v) is 15.9. The molecule has 4 heteroatoms. The summed E-state index contributed by atoms with van der Waals surface area (Å²) in [5.74, 6) is 0. The second kappa shape index (κ2) is 11.2. The largest absolute Gasteiger partial charge is 0.392 e. The molecule has 0 heterocycles. The number of hydrogen-bond donors (Lipinski definition) is 2. The molecule has 2 N–H and O–H groups in total. The van der Waals surface area contributed by atoms with E-state index in [2.05, 4.69) is 91.8 Å². The first-order valence-corrected chi connectivity index (χ1v) is 14.1. The average molecular weight is 447 g/mol. The van der Waals surface area contributed by atoms with Gasteiger partial charge in [0, 0.05) is 0 Å². The highest BCUT2D eigenvalue weighted by molar-refractivity contribution is 7.68. The van der Waals surface area contributed by atoms with Crippen molar-refractivity contribution < 1.29 is 10.2 Å². The zero-order valence-electron chi connectivity index (χ0n) is 20.0. The molecule has 0 aromatic heterocycles. The van der Waals surface area contributed by atoms with Crippen LogP contribution in [-0.4, -0.2) is 32.8 Å². The van der Waals surface area contributed by atoms with Crippen LogP contribution in [0.2, 0.25) is 0 Å². The maximum atomic E-state index is 10.3. The van der Waals surface area contributed by atoms with Crippen LogP contribution in [0.25, 0.3) is 11.1 Å². The monoisotopic (exact) mass is 446 g/mol. The summed E-state index contributed by atoms with van der Waals surface area (Å²) in [5, 5.41) is 23.4. The van der Waals surface area contributed by atoms with Crippen molar-refractivity contribution in [2.24, 2.45) is 0 Å². The van der Waals surface area contributed by atoms with Crippen molar-refractivity contribution in [1.29, 1.82) is 0 Å². The third-order valence-electron chi connectivity index (χ3n) is 5.63. The molecular weight excluding hydrogens is 406 g/mol. The van der Waals surface area contributed by atoms with Crippen LogP contribution in [0, 0.1) is 0 Å². The SMILES string of the molecule is CC(C)P(c1cccc(CO)c1-c1c(CO)cccc1P(C(C)C)C(C)C)C(C)C. The van der Waals surface area contributed by atoms with E-state index >= 15 is 0 Å². The minimum absolute atomic E-state index is 0.0169. The quantitative estimate of drug-likeness (QED) is 0.451. The molecule has 2 aromatic carbocycles. The van der Waals surface area contributed by atoms with Gasteiger partial charge in [0.15, 0.2) is 0 Å². The summed E-state index contributed by atoms with van der Waals surface area (Å²) in [7, 11) is -0.811.